The van der Waals surface area contributed by atoms with Gasteiger partial charge in [-0.3, -0.25) is 0 Å². The van der Waals surface area contributed by atoms with E-state index in [1.807, 2.05) is 72.8 Å². The van der Waals surface area contributed by atoms with Gasteiger partial charge in [0.15, 0.2) is 34.9 Å². The van der Waals surface area contributed by atoms with Crippen LogP contribution < -0.4 is 0 Å². The Morgan fingerprint density at radius 2 is 0.297 bits per heavy atom. The van der Waals surface area contributed by atoms with Gasteiger partial charge in [-0.2, -0.15) is 0 Å². The maximum Gasteiger partial charge on any atom is 0.164 e. The molecule has 28 aromatic rings. The highest BCUT2D eigenvalue weighted by molar-refractivity contribution is 6.18. The number of benzene rings is 22. The van der Waals surface area contributed by atoms with Gasteiger partial charge in [0.25, 0.3) is 0 Å². The summed E-state index contributed by atoms with van der Waals surface area (Å²) in [5.74, 6) is 3.70. The van der Waals surface area contributed by atoms with E-state index in [0.717, 1.165) is 134 Å². The number of para-hydroxylation sites is 8. The second kappa shape index (κ2) is 37.5. The average molecular weight is 1890 g/mol. The molecule has 0 aliphatic rings. The van der Waals surface area contributed by atoms with E-state index >= 15 is 0 Å². The second-order valence-electron chi connectivity index (χ2n) is 37.6. The molecule has 22 aromatic carbocycles. The number of nitrogens with zero attached hydrogens (tertiary/aromatic N) is 10. The predicted molar refractivity (Wildman–Crippen MR) is 613 cm³/mol. The van der Waals surface area contributed by atoms with Crippen LogP contribution in [0.15, 0.2) is 546 Å². The van der Waals surface area contributed by atoms with Crippen LogP contribution in [0.2, 0.25) is 0 Å². The Balaban J connectivity index is 0.000000146. The number of rotatable bonds is 18. The normalized spacial score (nSPS) is 11.5. The van der Waals surface area contributed by atoms with E-state index in [9.17, 15) is 0 Å². The maximum absolute atomic E-state index is 5.25. The van der Waals surface area contributed by atoms with E-state index in [2.05, 4.69) is 491 Å². The molecule has 0 aliphatic heterocycles. The van der Waals surface area contributed by atoms with Crippen LogP contribution in [0, 0.1) is 0 Å². The third-order valence-electron chi connectivity index (χ3n) is 28.7. The molecule has 0 unspecified atom stereocenters. The molecule has 0 saturated heterocycles. The molecule has 0 saturated carbocycles. The molecule has 0 aliphatic carbocycles. The zero-order valence-corrected chi connectivity index (χ0v) is 80.4. The van der Waals surface area contributed by atoms with Gasteiger partial charge in [0.2, 0.25) is 0 Å². The van der Waals surface area contributed by atoms with Gasteiger partial charge < -0.3 is 18.3 Å². The van der Waals surface area contributed by atoms with Gasteiger partial charge in [-0.05, 0) is 259 Å². The lowest BCUT2D eigenvalue weighted by atomic mass is 9.91. The molecule has 0 radical (unpaired) electrons. The summed E-state index contributed by atoms with van der Waals surface area (Å²) >= 11 is 0. The van der Waals surface area contributed by atoms with E-state index in [1.165, 1.54) is 98.4 Å². The number of fused-ring (bicyclic) bond motifs is 12. The molecule has 0 atom stereocenters. The molecule has 692 valence electrons. The quantitative estimate of drug-likeness (QED) is 0.0849. The standard InChI is InChI=1S/2C69H45N5/c1-5-21-46(22-6-1)67-70-68(47-23-7-2-8-24-47)72-69(71-67)54-44-52(48-25-17-27-50(41-48)57-35-19-39-63-65(57)59-33-13-15-37-61(59)73(63)55-29-9-3-10-30-55)43-53(45-54)49-26-18-28-51(42-49)58-36-20-40-64-66(58)60-34-14-16-38-62(60)74(64)56-31-11-4-12-32-56;1-5-19-46(20-6-1)67-70-68(47-21-7-2-8-22-47)72-69(71-67)56-42-54(50-25-17-23-48(39-50)52-35-37-65-61(44-52)59-31-13-15-33-63(59)73(65)57-27-9-3-10-28-57)41-55(43-56)51-26-18-24-49(40-51)53-36-38-66-62(45-53)60-32-14-16-34-64(60)74(66)58-29-11-4-12-30-58/h2*1-45H. The molecule has 6 aromatic heterocycles. The molecule has 10 nitrogen and oxygen atoms in total. The minimum atomic E-state index is 0.602. The molecule has 0 N–H and O–H groups in total. The molecular formula is C138H90N10. The van der Waals surface area contributed by atoms with E-state index in [0.29, 0.717) is 34.9 Å². The molecule has 0 bridgehead atoms. The van der Waals surface area contributed by atoms with Crippen molar-refractivity contribution in [2.45, 2.75) is 0 Å². The molecule has 0 amide bonds. The van der Waals surface area contributed by atoms with Gasteiger partial charge >= 0.3 is 0 Å². The topological polar surface area (TPSA) is 97.1 Å². The highest BCUT2D eigenvalue weighted by atomic mass is 15.1. The summed E-state index contributed by atoms with van der Waals surface area (Å²) in [6.45, 7) is 0. The van der Waals surface area contributed by atoms with E-state index in [-0.39, 0.29) is 0 Å². The molecule has 148 heavy (non-hydrogen) atoms. The molecule has 0 spiro atoms. The fourth-order valence-corrected chi connectivity index (χ4v) is 21.8. The van der Waals surface area contributed by atoms with Crippen LogP contribution in [0.25, 0.3) is 267 Å². The number of hydrogen-bond donors (Lipinski definition) is 0. The zero-order chi connectivity index (χ0) is 97.9. The first-order chi connectivity index (χ1) is 73.4. The first-order valence-corrected chi connectivity index (χ1v) is 50.2. The lowest BCUT2D eigenvalue weighted by Crippen LogP contribution is -2.00. The predicted octanol–water partition coefficient (Wildman–Crippen LogP) is 35.5. The van der Waals surface area contributed by atoms with Gasteiger partial charge in [0.1, 0.15) is 0 Å². The fraction of sp³-hybridized carbons (Fsp3) is 0. The molecule has 0 fully saturated rings. The summed E-state index contributed by atoms with van der Waals surface area (Å²) in [6, 6.07) is 195. The van der Waals surface area contributed by atoms with Gasteiger partial charge in [0, 0.05) is 99.2 Å². The number of hydrogen-bond acceptors (Lipinski definition) is 6. The Labute approximate surface area is 855 Å². The van der Waals surface area contributed by atoms with E-state index in [4.69, 9.17) is 29.9 Å². The fourth-order valence-electron chi connectivity index (χ4n) is 21.8. The molecule has 6 heterocycles. The van der Waals surface area contributed by atoms with Crippen molar-refractivity contribution in [1.29, 1.82) is 0 Å². The van der Waals surface area contributed by atoms with Crippen molar-refractivity contribution in [1.82, 2.24) is 48.2 Å². The molecular weight excluding hydrogens is 1800 g/mol. The lowest BCUT2D eigenvalue weighted by molar-refractivity contribution is 1.07. The third-order valence-corrected chi connectivity index (χ3v) is 28.7. The third kappa shape index (κ3) is 16.1. The Morgan fingerprint density at radius 1 is 0.108 bits per heavy atom. The maximum atomic E-state index is 5.25. The summed E-state index contributed by atoms with van der Waals surface area (Å²) in [5, 5.41) is 9.78. The first-order valence-electron chi connectivity index (χ1n) is 50.2. The monoisotopic (exact) mass is 1890 g/mol. The van der Waals surface area contributed by atoms with Crippen molar-refractivity contribution < 1.29 is 0 Å². The lowest BCUT2D eigenvalue weighted by Gasteiger charge is -2.14. The van der Waals surface area contributed by atoms with Crippen LogP contribution >= 0.6 is 0 Å². The minimum absolute atomic E-state index is 0.602. The largest absolute Gasteiger partial charge is 0.309 e. The van der Waals surface area contributed by atoms with Crippen LogP contribution in [0.1, 0.15) is 0 Å². The van der Waals surface area contributed by atoms with Crippen molar-refractivity contribution in [2.75, 3.05) is 0 Å². The highest BCUT2D eigenvalue weighted by Crippen LogP contribution is 2.47. The van der Waals surface area contributed by atoms with Crippen LogP contribution in [0.3, 0.4) is 0 Å². The summed E-state index contributed by atoms with van der Waals surface area (Å²) in [5.41, 5.74) is 37.3. The van der Waals surface area contributed by atoms with Crippen molar-refractivity contribution >= 4 is 87.2 Å². The summed E-state index contributed by atoms with van der Waals surface area (Å²) < 4.78 is 9.49. The summed E-state index contributed by atoms with van der Waals surface area (Å²) in [7, 11) is 0. The molecule has 10 heteroatoms. The SMILES string of the molecule is c1ccc(-c2nc(-c3ccccc3)nc(-c3cc(-c4cccc(-c5ccc6c(c5)c5ccccc5n6-c5ccccc5)c4)cc(-c4cccc(-c5ccc6c(c5)c5ccccc5n6-c5ccccc5)c4)c3)n2)cc1.c1ccc(-c2nc(-c3ccccc3)nc(-c3cc(-c4cccc(-c5cccc6c5c5ccccc5n6-c5ccccc5)c4)cc(-c4cccc(-c5cccc6c5c5ccccc5n6-c5ccccc5)c4)c3)n2)cc1. The van der Waals surface area contributed by atoms with E-state index < -0.39 is 0 Å². The van der Waals surface area contributed by atoms with Crippen LogP contribution in [-0.2, 0) is 0 Å². The summed E-state index contributed by atoms with van der Waals surface area (Å²) in [6.07, 6.45) is 0. The first kappa shape index (κ1) is 87.1. The number of aromatic nitrogens is 10. The zero-order valence-electron chi connectivity index (χ0n) is 80.4. The summed E-state index contributed by atoms with van der Waals surface area (Å²) in [4.78, 5) is 31.1. The Morgan fingerprint density at radius 3 is 0.601 bits per heavy atom. The Kier molecular flexibility index (Phi) is 22.1. The Bertz CT molecular complexity index is 9400. The van der Waals surface area contributed by atoms with Crippen molar-refractivity contribution in [2.24, 2.45) is 0 Å². The molecule has 28 rings (SSSR count). The van der Waals surface area contributed by atoms with Crippen molar-refractivity contribution in [3.8, 4) is 180 Å². The van der Waals surface area contributed by atoms with Crippen molar-refractivity contribution in [3.05, 3.63) is 546 Å². The van der Waals surface area contributed by atoms with Gasteiger partial charge in [-0.15, -0.1) is 0 Å². The van der Waals surface area contributed by atoms with Crippen LogP contribution in [-0.4, -0.2) is 48.2 Å². The average Bonchev–Trinajstić information content (AvgIpc) is 1.50. The van der Waals surface area contributed by atoms with E-state index in [1.54, 1.807) is 0 Å². The second-order valence-corrected chi connectivity index (χ2v) is 37.6. The van der Waals surface area contributed by atoms with Crippen LogP contribution in [0.4, 0.5) is 0 Å². The minimum Gasteiger partial charge on any atom is -0.309 e. The smallest absolute Gasteiger partial charge is 0.164 e. The highest BCUT2D eigenvalue weighted by Gasteiger charge is 2.25. The van der Waals surface area contributed by atoms with Gasteiger partial charge in [-0.1, -0.05) is 376 Å². The van der Waals surface area contributed by atoms with Gasteiger partial charge in [-0.25, -0.2) is 29.9 Å². The van der Waals surface area contributed by atoms with Crippen molar-refractivity contribution in [3.63, 3.8) is 0 Å². The van der Waals surface area contributed by atoms with Crippen LogP contribution in [0.5, 0.6) is 0 Å². The Hall–Kier alpha value is -19.9. The van der Waals surface area contributed by atoms with Gasteiger partial charge in [0.05, 0.1) is 44.1 Å².